The highest BCUT2D eigenvalue weighted by molar-refractivity contribution is 5.81. The molecule has 16 heavy (non-hydrogen) atoms. The zero-order valence-electron chi connectivity index (χ0n) is 10.4. The SMILES string of the molecule is COC(=O)[C@]1(C(C)C)CC[C@](C)(C(=O)O)C1. The lowest BCUT2D eigenvalue weighted by atomic mass is 9.73. The van der Waals surface area contributed by atoms with Crippen molar-refractivity contribution in [3.8, 4) is 0 Å². The van der Waals surface area contributed by atoms with Crippen LogP contribution >= 0.6 is 0 Å². The van der Waals surface area contributed by atoms with Gasteiger partial charge in [-0.25, -0.2) is 0 Å². The van der Waals surface area contributed by atoms with Gasteiger partial charge in [0.1, 0.15) is 0 Å². The molecule has 0 heterocycles. The maximum atomic E-state index is 11.9. The lowest BCUT2D eigenvalue weighted by Gasteiger charge is -2.31. The average Bonchev–Trinajstić information content (AvgIpc) is 2.58. The molecule has 0 radical (unpaired) electrons. The Morgan fingerprint density at radius 3 is 2.19 bits per heavy atom. The van der Waals surface area contributed by atoms with Gasteiger partial charge in [0.25, 0.3) is 0 Å². The van der Waals surface area contributed by atoms with E-state index in [1.807, 2.05) is 13.8 Å². The second kappa shape index (κ2) is 4.07. The van der Waals surface area contributed by atoms with Crippen LogP contribution in [0.1, 0.15) is 40.0 Å². The normalized spacial score (nSPS) is 34.1. The van der Waals surface area contributed by atoms with Crippen molar-refractivity contribution in [3.05, 3.63) is 0 Å². The highest BCUT2D eigenvalue weighted by Gasteiger charge is 2.55. The average molecular weight is 228 g/mol. The van der Waals surface area contributed by atoms with Gasteiger partial charge < -0.3 is 9.84 Å². The molecule has 4 nitrogen and oxygen atoms in total. The minimum absolute atomic E-state index is 0.0983. The van der Waals surface area contributed by atoms with E-state index in [-0.39, 0.29) is 11.9 Å². The molecule has 0 spiro atoms. The fourth-order valence-corrected chi connectivity index (χ4v) is 2.66. The number of ether oxygens (including phenoxy) is 1. The molecule has 1 fully saturated rings. The molecule has 0 amide bonds. The predicted molar refractivity (Wildman–Crippen MR) is 58.9 cm³/mol. The van der Waals surface area contributed by atoms with Gasteiger partial charge in [0.2, 0.25) is 0 Å². The monoisotopic (exact) mass is 228 g/mol. The summed E-state index contributed by atoms with van der Waals surface area (Å²) in [7, 11) is 1.36. The van der Waals surface area contributed by atoms with E-state index in [9.17, 15) is 14.7 Å². The number of carboxylic acids is 1. The third-order valence-corrected chi connectivity index (χ3v) is 4.04. The summed E-state index contributed by atoms with van der Waals surface area (Å²) in [6.07, 6.45) is 1.51. The van der Waals surface area contributed by atoms with Crippen LogP contribution in [0, 0.1) is 16.7 Å². The standard InChI is InChI=1S/C12H20O4/c1-8(2)12(10(15)16-4)6-5-11(3,7-12)9(13)14/h8H,5-7H2,1-4H3,(H,13,14)/t11-,12+/m0/s1. The Bertz CT molecular complexity index is 310. The number of carbonyl (C=O) groups is 2. The van der Waals surface area contributed by atoms with Crippen molar-refractivity contribution in [2.75, 3.05) is 7.11 Å². The minimum atomic E-state index is -0.820. The Kier molecular flexibility index (Phi) is 3.31. The van der Waals surface area contributed by atoms with Crippen LogP contribution in [-0.2, 0) is 14.3 Å². The largest absolute Gasteiger partial charge is 0.481 e. The Labute approximate surface area is 96.0 Å². The van der Waals surface area contributed by atoms with Gasteiger partial charge >= 0.3 is 11.9 Å². The predicted octanol–water partition coefficient (Wildman–Crippen LogP) is 2.08. The third-order valence-electron chi connectivity index (χ3n) is 4.04. The number of hydrogen-bond acceptors (Lipinski definition) is 3. The third kappa shape index (κ3) is 1.81. The van der Waals surface area contributed by atoms with Crippen LogP contribution in [0.4, 0.5) is 0 Å². The van der Waals surface area contributed by atoms with Crippen molar-refractivity contribution in [1.82, 2.24) is 0 Å². The van der Waals surface area contributed by atoms with Gasteiger partial charge in [-0.05, 0) is 32.1 Å². The lowest BCUT2D eigenvalue weighted by Crippen LogP contribution is -2.37. The Balaban J connectivity index is 3.02. The molecule has 1 N–H and O–H groups in total. The van der Waals surface area contributed by atoms with E-state index < -0.39 is 16.8 Å². The highest BCUT2D eigenvalue weighted by atomic mass is 16.5. The van der Waals surface area contributed by atoms with Crippen molar-refractivity contribution in [1.29, 1.82) is 0 Å². The van der Waals surface area contributed by atoms with Crippen LogP contribution < -0.4 is 0 Å². The van der Waals surface area contributed by atoms with Gasteiger partial charge in [-0.1, -0.05) is 13.8 Å². The van der Waals surface area contributed by atoms with Crippen LogP contribution in [-0.4, -0.2) is 24.2 Å². The molecular weight excluding hydrogens is 208 g/mol. The van der Waals surface area contributed by atoms with Crippen molar-refractivity contribution >= 4 is 11.9 Å². The van der Waals surface area contributed by atoms with E-state index in [2.05, 4.69) is 0 Å². The molecule has 0 unspecified atom stereocenters. The van der Waals surface area contributed by atoms with E-state index in [0.29, 0.717) is 19.3 Å². The van der Waals surface area contributed by atoms with Crippen molar-refractivity contribution in [3.63, 3.8) is 0 Å². The van der Waals surface area contributed by atoms with E-state index in [0.717, 1.165) is 0 Å². The molecule has 0 bridgehead atoms. The molecular formula is C12H20O4. The second-order valence-corrected chi connectivity index (χ2v) is 5.35. The smallest absolute Gasteiger partial charge is 0.312 e. The summed E-state index contributed by atoms with van der Waals surface area (Å²) >= 11 is 0. The van der Waals surface area contributed by atoms with Crippen molar-refractivity contribution in [2.45, 2.75) is 40.0 Å². The molecule has 0 aromatic rings. The maximum Gasteiger partial charge on any atom is 0.312 e. The number of carbonyl (C=O) groups excluding carboxylic acids is 1. The molecule has 0 aliphatic heterocycles. The molecule has 2 atom stereocenters. The van der Waals surface area contributed by atoms with Gasteiger partial charge in [0, 0.05) is 0 Å². The van der Waals surface area contributed by atoms with E-state index in [4.69, 9.17) is 4.74 Å². The zero-order chi connectivity index (χ0) is 12.6. The molecule has 0 aromatic heterocycles. The molecule has 4 heteroatoms. The first-order chi connectivity index (χ1) is 7.28. The van der Waals surface area contributed by atoms with Gasteiger partial charge in [0.15, 0.2) is 0 Å². The number of rotatable bonds is 3. The zero-order valence-corrected chi connectivity index (χ0v) is 10.4. The lowest BCUT2D eigenvalue weighted by molar-refractivity contribution is -0.157. The van der Waals surface area contributed by atoms with Crippen LogP contribution in [0.25, 0.3) is 0 Å². The van der Waals surface area contributed by atoms with Crippen LogP contribution in [0.15, 0.2) is 0 Å². The highest BCUT2D eigenvalue weighted by Crippen LogP contribution is 2.53. The van der Waals surface area contributed by atoms with Crippen molar-refractivity contribution in [2.24, 2.45) is 16.7 Å². The summed E-state index contributed by atoms with van der Waals surface area (Å²) in [5.41, 5.74) is -1.42. The molecule has 92 valence electrons. The van der Waals surface area contributed by atoms with Crippen molar-refractivity contribution < 1.29 is 19.4 Å². The minimum Gasteiger partial charge on any atom is -0.481 e. The van der Waals surface area contributed by atoms with E-state index in [1.54, 1.807) is 6.92 Å². The summed E-state index contributed by atoms with van der Waals surface area (Å²) < 4.78 is 4.84. The van der Waals surface area contributed by atoms with Gasteiger partial charge in [0.05, 0.1) is 17.9 Å². The Hall–Kier alpha value is -1.06. The van der Waals surface area contributed by atoms with Gasteiger partial charge in [-0.3, -0.25) is 9.59 Å². The quantitative estimate of drug-likeness (QED) is 0.751. The topological polar surface area (TPSA) is 63.6 Å². The molecule has 0 saturated heterocycles. The molecule has 1 aliphatic carbocycles. The Morgan fingerprint density at radius 2 is 1.88 bits per heavy atom. The molecule has 1 rings (SSSR count). The molecule has 1 aliphatic rings. The molecule has 1 saturated carbocycles. The summed E-state index contributed by atoms with van der Waals surface area (Å²) in [4.78, 5) is 23.1. The van der Waals surface area contributed by atoms with Gasteiger partial charge in [-0.2, -0.15) is 0 Å². The summed E-state index contributed by atoms with van der Waals surface area (Å²) in [5, 5.41) is 9.19. The molecule has 0 aromatic carbocycles. The number of esters is 1. The summed E-state index contributed by atoms with van der Waals surface area (Å²) in [5.74, 6) is -0.993. The van der Waals surface area contributed by atoms with Crippen LogP contribution in [0.5, 0.6) is 0 Å². The number of hydrogen-bond donors (Lipinski definition) is 1. The number of carboxylic acid groups (broad SMARTS) is 1. The maximum absolute atomic E-state index is 11.9. The number of methoxy groups -OCH3 is 1. The number of aliphatic carboxylic acids is 1. The first-order valence-electron chi connectivity index (χ1n) is 5.60. The van der Waals surface area contributed by atoms with Crippen LogP contribution in [0.2, 0.25) is 0 Å². The Morgan fingerprint density at radius 1 is 1.31 bits per heavy atom. The van der Waals surface area contributed by atoms with Crippen LogP contribution in [0.3, 0.4) is 0 Å². The van der Waals surface area contributed by atoms with Gasteiger partial charge in [-0.15, -0.1) is 0 Å². The first kappa shape index (κ1) is 13.0. The summed E-state index contributed by atoms with van der Waals surface area (Å²) in [6, 6.07) is 0. The fourth-order valence-electron chi connectivity index (χ4n) is 2.66. The first-order valence-corrected chi connectivity index (χ1v) is 5.60. The van der Waals surface area contributed by atoms with E-state index in [1.165, 1.54) is 7.11 Å². The second-order valence-electron chi connectivity index (χ2n) is 5.35. The summed E-state index contributed by atoms with van der Waals surface area (Å²) in [6.45, 7) is 5.61. The van der Waals surface area contributed by atoms with E-state index >= 15 is 0 Å². The fraction of sp³-hybridized carbons (Fsp3) is 0.833.